The highest BCUT2D eigenvalue weighted by atomic mass is 35.5. The monoisotopic (exact) mass is 484 g/mol. The number of rotatable bonds is 5. The van der Waals surface area contributed by atoms with Crippen molar-refractivity contribution in [3.63, 3.8) is 0 Å². The van der Waals surface area contributed by atoms with Gasteiger partial charge in [-0.2, -0.15) is 0 Å². The average Bonchev–Trinajstić information content (AvgIpc) is 3.04. The summed E-state index contributed by atoms with van der Waals surface area (Å²) in [5.74, 6) is -0.304. The van der Waals surface area contributed by atoms with Crippen LogP contribution in [0.5, 0.6) is 0 Å². The number of benzene rings is 3. The van der Waals surface area contributed by atoms with Gasteiger partial charge in [-0.15, -0.1) is 0 Å². The zero-order valence-electron chi connectivity index (χ0n) is 15.7. The van der Waals surface area contributed by atoms with Gasteiger partial charge in [-0.05, 0) is 48.0 Å². The number of carbonyl (C=O) groups is 1. The number of hydrogen-bond donors (Lipinski definition) is 0. The molecule has 154 valence electrons. The third-order valence-corrected chi connectivity index (χ3v) is 6.99. The van der Waals surface area contributed by atoms with Crippen LogP contribution in [0.3, 0.4) is 0 Å². The molecule has 1 aliphatic heterocycles. The number of nitrogens with zero attached hydrogens (tertiary/aromatic N) is 2. The molecule has 0 atom stereocenters. The Kier molecular flexibility index (Phi) is 6.43. The van der Waals surface area contributed by atoms with Crippen molar-refractivity contribution >= 4 is 75.0 Å². The largest absolute Gasteiger partial charge is 0.271 e. The van der Waals surface area contributed by atoms with Crippen LogP contribution in [-0.2, 0) is 4.79 Å². The molecular weight excluding hydrogens is 472 g/mol. The van der Waals surface area contributed by atoms with E-state index in [1.807, 2.05) is 48.5 Å². The standard InChI is InChI=1S/C22H13ClN2O3S3/c23-15-8-10-18(11-9-15)30-19-7-2-1-4-14(19)12-20-21(26)24(22(29)31-20)16-5-3-6-17(13-16)25(27)28/h1-13H/b20-12+. The van der Waals surface area contributed by atoms with Crippen molar-refractivity contribution in [2.75, 3.05) is 4.90 Å². The molecule has 9 heteroatoms. The maximum atomic E-state index is 13.1. The number of nitro groups is 1. The summed E-state index contributed by atoms with van der Waals surface area (Å²) in [6, 6.07) is 21.2. The van der Waals surface area contributed by atoms with Gasteiger partial charge >= 0.3 is 0 Å². The summed E-state index contributed by atoms with van der Waals surface area (Å²) in [5, 5.41) is 11.8. The maximum Gasteiger partial charge on any atom is 0.271 e. The molecule has 4 rings (SSSR count). The summed E-state index contributed by atoms with van der Waals surface area (Å²) in [5.41, 5.74) is 1.16. The smallest absolute Gasteiger partial charge is 0.268 e. The molecule has 5 nitrogen and oxygen atoms in total. The van der Waals surface area contributed by atoms with E-state index >= 15 is 0 Å². The van der Waals surface area contributed by atoms with E-state index in [1.54, 1.807) is 23.9 Å². The molecule has 0 aliphatic carbocycles. The molecule has 0 aromatic heterocycles. The van der Waals surface area contributed by atoms with Gasteiger partial charge < -0.3 is 0 Å². The number of halogens is 1. The van der Waals surface area contributed by atoms with Gasteiger partial charge in [0.15, 0.2) is 4.32 Å². The van der Waals surface area contributed by atoms with Gasteiger partial charge in [0.05, 0.1) is 15.5 Å². The van der Waals surface area contributed by atoms with Gasteiger partial charge in [-0.1, -0.05) is 71.6 Å². The van der Waals surface area contributed by atoms with Crippen LogP contribution in [0.25, 0.3) is 6.08 Å². The number of carbonyl (C=O) groups excluding carboxylic acids is 1. The van der Waals surface area contributed by atoms with E-state index < -0.39 is 4.92 Å². The second-order valence-electron chi connectivity index (χ2n) is 6.39. The molecule has 1 saturated heterocycles. The highest BCUT2D eigenvalue weighted by molar-refractivity contribution is 8.27. The third kappa shape index (κ3) is 4.83. The fraction of sp³-hybridized carbons (Fsp3) is 0. The summed E-state index contributed by atoms with van der Waals surface area (Å²) in [6.07, 6.45) is 1.80. The summed E-state index contributed by atoms with van der Waals surface area (Å²) in [4.78, 5) is 27.4. The SMILES string of the molecule is O=C1/C(=C\c2ccccc2Sc2ccc(Cl)cc2)SC(=S)N1c1cccc([N+](=O)[O-])c1. The Morgan fingerprint density at radius 1 is 1.06 bits per heavy atom. The lowest BCUT2D eigenvalue weighted by molar-refractivity contribution is -0.384. The lowest BCUT2D eigenvalue weighted by atomic mass is 10.2. The number of nitro benzene ring substituents is 1. The van der Waals surface area contributed by atoms with E-state index in [-0.39, 0.29) is 11.6 Å². The van der Waals surface area contributed by atoms with Crippen molar-refractivity contribution in [1.82, 2.24) is 0 Å². The Morgan fingerprint density at radius 3 is 2.55 bits per heavy atom. The van der Waals surface area contributed by atoms with Crippen LogP contribution in [0.1, 0.15) is 5.56 Å². The van der Waals surface area contributed by atoms with Crippen molar-refractivity contribution in [2.45, 2.75) is 9.79 Å². The Labute approximate surface area is 197 Å². The molecule has 0 spiro atoms. The van der Waals surface area contributed by atoms with E-state index in [0.717, 1.165) is 15.4 Å². The van der Waals surface area contributed by atoms with Crippen LogP contribution in [0, 0.1) is 10.1 Å². The van der Waals surface area contributed by atoms with Crippen LogP contribution in [0.2, 0.25) is 5.02 Å². The lowest BCUT2D eigenvalue weighted by Gasteiger charge is -2.14. The summed E-state index contributed by atoms with van der Waals surface area (Å²) in [6.45, 7) is 0. The number of thioether (sulfide) groups is 1. The highest BCUT2D eigenvalue weighted by Gasteiger charge is 2.34. The molecule has 3 aromatic rings. The van der Waals surface area contributed by atoms with Gasteiger partial charge in [0, 0.05) is 26.9 Å². The second-order valence-corrected chi connectivity index (χ2v) is 9.62. The number of amides is 1. The number of thiocarbonyl (C=S) groups is 1. The molecule has 0 bridgehead atoms. The van der Waals surface area contributed by atoms with E-state index in [2.05, 4.69) is 0 Å². The lowest BCUT2D eigenvalue weighted by Crippen LogP contribution is -2.27. The molecule has 3 aromatic carbocycles. The first kappa shape index (κ1) is 21.6. The predicted octanol–water partition coefficient (Wildman–Crippen LogP) is 6.81. The second kappa shape index (κ2) is 9.23. The highest BCUT2D eigenvalue weighted by Crippen LogP contribution is 2.39. The number of anilines is 1. The first-order valence-electron chi connectivity index (χ1n) is 8.97. The zero-order valence-corrected chi connectivity index (χ0v) is 18.9. The predicted molar refractivity (Wildman–Crippen MR) is 131 cm³/mol. The van der Waals surface area contributed by atoms with E-state index in [0.29, 0.717) is 19.9 Å². The van der Waals surface area contributed by atoms with Gasteiger partial charge in [-0.3, -0.25) is 19.8 Å². The Balaban J connectivity index is 1.64. The Hall–Kier alpha value is -2.65. The van der Waals surface area contributed by atoms with Gasteiger partial charge in [0.1, 0.15) is 0 Å². The minimum atomic E-state index is -0.499. The molecular formula is C22H13ClN2O3S3. The molecule has 31 heavy (non-hydrogen) atoms. The number of hydrogen-bond acceptors (Lipinski definition) is 6. The van der Waals surface area contributed by atoms with Gasteiger partial charge in [-0.25, -0.2) is 0 Å². The van der Waals surface area contributed by atoms with E-state index in [9.17, 15) is 14.9 Å². The molecule has 1 aliphatic rings. The zero-order chi connectivity index (χ0) is 22.0. The van der Waals surface area contributed by atoms with Crippen molar-refractivity contribution in [3.8, 4) is 0 Å². The maximum absolute atomic E-state index is 13.1. The third-order valence-electron chi connectivity index (χ3n) is 4.34. The molecule has 0 unspecified atom stereocenters. The van der Waals surface area contributed by atoms with Crippen LogP contribution < -0.4 is 4.90 Å². The van der Waals surface area contributed by atoms with Crippen LogP contribution >= 0.6 is 47.3 Å². The van der Waals surface area contributed by atoms with Crippen molar-refractivity contribution in [1.29, 1.82) is 0 Å². The normalized spacial score (nSPS) is 15.0. The van der Waals surface area contributed by atoms with Crippen LogP contribution in [0.15, 0.2) is 87.5 Å². The fourth-order valence-electron chi connectivity index (χ4n) is 2.90. The minimum absolute atomic E-state index is 0.0970. The van der Waals surface area contributed by atoms with Crippen LogP contribution in [0.4, 0.5) is 11.4 Å². The molecule has 1 fully saturated rings. The first-order chi connectivity index (χ1) is 14.9. The van der Waals surface area contributed by atoms with Crippen molar-refractivity contribution in [2.24, 2.45) is 0 Å². The van der Waals surface area contributed by atoms with Gasteiger partial charge in [0.2, 0.25) is 0 Å². The van der Waals surface area contributed by atoms with E-state index in [4.69, 9.17) is 23.8 Å². The van der Waals surface area contributed by atoms with Gasteiger partial charge in [0.25, 0.3) is 11.6 Å². The molecule has 0 saturated carbocycles. The molecule has 0 N–H and O–H groups in total. The molecule has 1 amide bonds. The van der Waals surface area contributed by atoms with Crippen molar-refractivity contribution < 1.29 is 9.72 Å². The Morgan fingerprint density at radius 2 is 1.81 bits per heavy atom. The molecule has 1 heterocycles. The van der Waals surface area contributed by atoms with Crippen molar-refractivity contribution in [3.05, 3.63) is 98.4 Å². The first-order valence-corrected chi connectivity index (χ1v) is 11.4. The fourth-order valence-corrected chi connectivity index (χ4v) is 5.23. The summed E-state index contributed by atoms with van der Waals surface area (Å²) in [7, 11) is 0. The van der Waals surface area contributed by atoms with Crippen LogP contribution in [-0.4, -0.2) is 15.2 Å². The summed E-state index contributed by atoms with van der Waals surface area (Å²) < 4.78 is 0.333. The average molecular weight is 485 g/mol. The minimum Gasteiger partial charge on any atom is -0.268 e. The number of non-ortho nitro benzene ring substituents is 1. The quantitative estimate of drug-likeness (QED) is 0.171. The summed E-state index contributed by atoms with van der Waals surface area (Å²) >= 11 is 14.1. The Bertz CT molecular complexity index is 1230. The topological polar surface area (TPSA) is 63.5 Å². The van der Waals surface area contributed by atoms with E-state index in [1.165, 1.54) is 34.9 Å². The molecule has 0 radical (unpaired) electrons.